The zero-order chi connectivity index (χ0) is 15.6. The Bertz CT molecular complexity index is 738. The number of aromatic nitrogens is 1. The number of carbonyl (C=O) groups is 1. The van der Waals surface area contributed by atoms with E-state index in [-0.39, 0.29) is 35.1 Å². The molecule has 0 aliphatic rings. The molecule has 1 heterocycles. The van der Waals surface area contributed by atoms with Crippen LogP contribution in [0.25, 0.3) is 11.1 Å². The van der Waals surface area contributed by atoms with Crippen molar-refractivity contribution in [3.63, 3.8) is 0 Å². The summed E-state index contributed by atoms with van der Waals surface area (Å²) >= 11 is 3.33. The average Bonchev–Trinajstić information content (AvgIpc) is 2.43. The number of hydrogen-bond acceptors (Lipinski definition) is 3. The molecule has 0 spiro atoms. The number of rotatable bonds is 4. The number of aromatic carboxylic acids is 1. The van der Waals surface area contributed by atoms with Gasteiger partial charge in [0.15, 0.2) is 5.43 Å². The first kappa shape index (κ1) is 19.2. The van der Waals surface area contributed by atoms with Gasteiger partial charge in [-0.15, -0.1) is 0 Å². The molecule has 22 heavy (non-hydrogen) atoms. The zero-order valence-corrected chi connectivity index (χ0v) is 16.4. The van der Waals surface area contributed by atoms with Crippen LogP contribution in [0.3, 0.4) is 0 Å². The van der Waals surface area contributed by atoms with E-state index in [2.05, 4.69) is 15.9 Å². The van der Waals surface area contributed by atoms with Crippen molar-refractivity contribution in [3.05, 3.63) is 56.4 Å². The van der Waals surface area contributed by atoms with Crippen molar-refractivity contribution >= 4 is 21.9 Å². The summed E-state index contributed by atoms with van der Waals surface area (Å²) in [7, 11) is 1.75. The topological polar surface area (TPSA) is 62.1 Å². The predicted molar refractivity (Wildman–Crippen MR) is 83.1 cm³/mol. The van der Waals surface area contributed by atoms with Crippen molar-refractivity contribution < 1.29 is 39.5 Å². The van der Waals surface area contributed by atoms with Crippen molar-refractivity contribution in [1.29, 1.82) is 0 Å². The Labute approximate surface area is 159 Å². The molecule has 0 saturated heterocycles. The van der Waals surface area contributed by atoms with Crippen molar-refractivity contribution in [1.82, 2.24) is 4.57 Å². The largest absolute Gasteiger partial charge is 1.00 e. The molecule has 0 saturated carbocycles. The van der Waals surface area contributed by atoms with Gasteiger partial charge in [0, 0.05) is 29.0 Å². The van der Waals surface area contributed by atoms with Crippen molar-refractivity contribution in [3.8, 4) is 11.1 Å². The van der Waals surface area contributed by atoms with E-state index in [9.17, 15) is 14.7 Å². The van der Waals surface area contributed by atoms with Gasteiger partial charge >= 0.3 is 29.6 Å². The predicted octanol–water partition coefficient (Wildman–Crippen LogP) is -0.865. The maximum absolute atomic E-state index is 12.5. The molecule has 0 unspecified atom stereocenters. The minimum atomic E-state index is -1.42. The molecular weight excluding hydrogens is 357 g/mol. The van der Waals surface area contributed by atoms with Crippen LogP contribution in [0.15, 0.2) is 39.7 Å². The zero-order valence-electron chi connectivity index (χ0n) is 12.9. The van der Waals surface area contributed by atoms with E-state index in [0.29, 0.717) is 23.2 Å². The number of nitrogens with zero attached hydrogens (tertiary/aromatic N) is 1. The van der Waals surface area contributed by atoms with Crippen molar-refractivity contribution in [2.45, 2.75) is 19.8 Å². The molecule has 0 bridgehead atoms. The molecule has 1 aromatic carbocycles. The van der Waals surface area contributed by atoms with Crippen LogP contribution in [0.2, 0.25) is 0 Å². The van der Waals surface area contributed by atoms with Crippen LogP contribution >= 0.6 is 15.9 Å². The number of carboxylic acid groups (broad SMARTS) is 1. The molecule has 0 atom stereocenters. The average molecular weight is 372 g/mol. The molecule has 0 fully saturated rings. The molecule has 0 aliphatic heterocycles. The van der Waals surface area contributed by atoms with Gasteiger partial charge in [-0.3, -0.25) is 4.79 Å². The summed E-state index contributed by atoms with van der Waals surface area (Å²) < 4.78 is 2.60. The fourth-order valence-electron chi connectivity index (χ4n) is 2.36. The van der Waals surface area contributed by atoms with Gasteiger partial charge in [0.1, 0.15) is 0 Å². The summed E-state index contributed by atoms with van der Waals surface area (Å²) in [5, 5.41) is 11.4. The third kappa shape index (κ3) is 3.90. The fourth-order valence-corrected chi connectivity index (χ4v) is 2.62. The smallest absolute Gasteiger partial charge is 0.545 e. The van der Waals surface area contributed by atoms with Crippen LogP contribution in [0.5, 0.6) is 0 Å². The number of hydrogen-bond donors (Lipinski definition) is 0. The summed E-state index contributed by atoms with van der Waals surface area (Å²) in [6, 6.07) is 7.18. The van der Waals surface area contributed by atoms with Gasteiger partial charge in [-0.1, -0.05) is 41.4 Å². The van der Waals surface area contributed by atoms with E-state index in [0.717, 1.165) is 10.9 Å². The van der Waals surface area contributed by atoms with Crippen LogP contribution in [-0.2, 0) is 13.5 Å². The first-order chi connectivity index (χ1) is 9.95. The Morgan fingerprint density at radius 1 is 1.27 bits per heavy atom. The third-order valence-corrected chi connectivity index (χ3v) is 3.88. The summed E-state index contributed by atoms with van der Waals surface area (Å²) in [6.45, 7) is 1.94. The minimum absolute atomic E-state index is 0. The molecule has 4 nitrogen and oxygen atoms in total. The Morgan fingerprint density at radius 3 is 2.36 bits per heavy atom. The second kappa shape index (κ2) is 8.11. The standard InChI is InChI=1S/C16H16BrNO3.Na/c1-3-4-13-14(16(20)21)15(19)12(9-18(13)2)10-5-7-11(17)8-6-10;/h5-9H,3-4H2,1-2H3,(H,20,21);/q;+1/p-1. The third-order valence-electron chi connectivity index (χ3n) is 3.35. The second-order valence-electron chi connectivity index (χ2n) is 4.85. The normalized spacial score (nSPS) is 10.1. The molecule has 0 amide bonds. The van der Waals surface area contributed by atoms with Crippen molar-refractivity contribution in [2.75, 3.05) is 0 Å². The number of halogens is 1. The van der Waals surface area contributed by atoms with Crippen LogP contribution < -0.4 is 40.1 Å². The Kier molecular flexibility index (Phi) is 7.06. The van der Waals surface area contributed by atoms with Gasteiger partial charge in [-0.25, -0.2) is 0 Å². The Hall–Kier alpha value is -0.880. The Balaban J connectivity index is 0.00000242. The number of carboxylic acids is 1. The molecular formula is C16H15BrNNaO3. The van der Waals surface area contributed by atoms with E-state index in [1.54, 1.807) is 29.9 Å². The summed E-state index contributed by atoms with van der Waals surface area (Å²) in [6.07, 6.45) is 2.96. The summed E-state index contributed by atoms with van der Waals surface area (Å²) in [5.74, 6) is -1.42. The first-order valence-electron chi connectivity index (χ1n) is 6.65. The van der Waals surface area contributed by atoms with Gasteiger partial charge in [0.05, 0.1) is 11.5 Å². The molecule has 1 aromatic heterocycles. The second-order valence-corrected chi connectivity index (χ2v) is 5.76. The van der Waals surface area contributed by atoms with E-state index >= 15 is 0 Å². The van der Waals surface area contributed by atoms with Gasteiger partial charge in [-0.05, 0) is 24.1 Å². The Morgan fingerprint density at radius 2 is 1.86 bits per heavy atom. The first-order valence-corrected chi connectivity index (χ1v) is 7.44. The minimum Gasteiger partial charge on any atom is -0.545 e. The number of benzene rings is 1. The van der Waals surface area contributed by atoms with E-state index in [1.807, 2.05) is 19.1 Å². The van der Waals surface area contributed by atoms with Gasteiger partial charge in [0.2, 0.25) is 0 Å². The summed E-state index contributed by atoms with van der Waals surface area (Å²) in [5.41, 5.74) is 0.829. The molecule has 2 rings (SSSR count). The fraction of sp³-hybridized carbons (Fsp3) is 0.250. The maximum Gasteiger partial charge on any atom is 1.00 e. The van der Waals surface area contributed by atoms with Gasteiger partial charge < -0.3 is 14.5 Å². The molecule has 0 N–H and O–H groups in total. The van der Waals surface area contributed by atoms with Crippen LogP contribution in [0, 0.1) is 0 Å². The van der Waals surface area contributed by atoms with Crippen molar-refractivity contribution in [2.24, 2.45) is 7.05 Å². The molecule has 0 radical (unpaired) electrons. The van der Waals surface area contributed by atoms with Crippen LogP contribution in [0.1, 0.15) is 29.4 Å². The molecule has 6 heteroatoms. The SMILES string of the molecule is CCCc1c(C(=O)[O-])c(=O)c(-c2ccc(Br)cc2)cn1C.[Na+]. The van der Waals surface area contributed by atoms with E-state index in [1.165, 1.54) is 0 Å². The number of pyridine rings is 1. The number of carbonyl (C=O) groups excluding carboxylic acids is 1. The van der Waals surface area contributed by atoms with Crippen LogP contribution in [0.4, 0.5) is 0 Å². The molecule has 2 aromatic rings. The van der Waals surface area contributed by atoms with Gasteiger partial charge in [-0.2, -0.15) is 0 Å². The number of aryl methyl sites for hydroxylation is 1. The van der Waals surface area contributed by atoms with E-state index < -0.39 is 11.4 Å². The molecule has 110 valence electrons. The summed E-state index contributed by atoms with van der Waals surface area (Å²) in [4.78, 5) is 23.9. The van der Waals surface area contributed by atoms with Gasteiger partial charge in [0.25, 0.3) is 0 Å². The quantitative estimate of drug-likeness (QED) is 0.656. The maximum atomic E-state index is 12.5. The monoisotopic (exact) mass is 371 g/mol. The van der Waals surface area contributed by atoms with E-state index in [4.69, 9.17) is 0 Å². The molecule has 0 aliphatic carbocycles. The van der Waals surface area contributed by atoms with Crippen LogP contribution in [-0.4, -0.2) is 10.5 Å².